The minimum atomic E-state index is -0.270. The molecule has 30 heavy (non-hydrogen) atoms. The largest absolute Gasteiger partial charge is 0.495 e. The zero-order chi connectivity index (χ0) is 20.6. The molecule has 2 atom stereocenters. The molecular weight excluding hydrogens is 374 g/mol. The Balaban J connectivity index is 1.33. The third-order valence-electron chi connectivity index (χ3n) is 6.55. The summed E-state index contributed by atoms with van der Waals surface area (Å²) in [6.45, 7) is 0.504. The Kier molecular flexibility index (Phi) is 4.75. The molecule has 1 saturated heterocycles. The molecule has 1 aliphatic heterocycles. The number of ether oxygens (including phenoxy) is 2. The van der Waals surface area contributed by atoms with Crippen LogP contribution < -0.4 is 10.1 Å². The summed E-state index contributed by atoms with van der Waals surface area (Å²) in [6.07, 6.45) is 6.95. The molecule has 0 unspecified atom stereocenters. The van der Waals surface area contributed by atoms with E-state index in [2.05, 4.69) is 41.4 Å². The molecule has 4 nitrogen and oxygen atoms in total. The minimum Gasteiger partial charge on any atom is -0.495 e. The highest BCUT2D eigenvalue weighted by molar-refractivity contribution is 5.71. The number of fused-ring (bicyclic) bond motifs is 1. The number of methoxy groups -OCH3 is 1. The van der Waals surface area contributed by atoms with E-state index < -0.39 is 0 Å². The van der Waals surface area contributed by atoms with Crippen molar-refractivity contribution in [3.63, 3.8) is 0 Å². The molecule has 1 heterocycles. The zero-order valence-electron chi connectivity index (χ0n) is 17.2. The molecule has 2 aromatic rings. The fourth-order valence-electron chi connectivity index (χ4n) is 4.91. The zero-order valence-corrected chi connectivity index (χ0v) is 17.2. The van der Waals surface area contributed by atoms with E-state index in [1.807, 2.05) is 24.3 Å². The minimum absolute atomic E-state index is 0.154. The molecule has 2 fully saturated rings. The summed E-state index contributed by atoms with van der Waals surface area (Å²) in [5.74, 6) is 7.89. The van der Waals surface area contributed by atoms with E-state index in [1.165, 1.54) is 16.7 Å². The van der Waals surface area contributed by atoms with Crippen LogP contribution in [0, 0.1) is 11.8 Å². The van der Waals surface area contributed by atoms with E-state index >= 15 is 0 Å². The average molecular weight is 399 g/mol. The van der Waals surface area contributed by atoms with Crippen molar-refractivity contribution in [1.82, 2.24) is 5.32 Å². The summed E-state index contributed by atoms with van der Waals surface area (Å²) >= 11 is 0. The van der Waals surface area contributed by atoms with Crippen molar-refractivity contribution in [2.24, 2.45) is 0 Å². The fourth-order valence-corrected chi connectivity index (χ4v) is 4.91. The van der Waals surface area contributed by atoms with Gasteiger partial charge >= 0.3 is 6.09 Å². The van der Waals surface area contributed by atoms with Crippen LogP contribution >= 0.6 is 0 Å². The Bertz CT molecular complexity index is 1090. The molecule has 152 valence electrons. The van der Waals surface area contributed by atoms with Gasteiger partial charge in [-0.05, 0) is 72.9 Å². The molecular formula is C26H25NO3. The average Bonchev–Trinajstić information content (AvgIpc) is 3.37. The second kappa shape index (κ2) is 7.57. The predicted octanol–water partition coefficient (Wildman–Crippen LogP) is 4.82. The third kappa shape index (κ3) is 3.57. The van der Waals surface area contributed by atoms with Crippen molar-refractivity contribution in [2.45, 2.75) is 43.6 Å². The highest BCUT2D eigenvalue weighted by Gasteiger charge is 2.45. The van der Waals surface area contributed by atoms with Crippen LogP contribution in [-0.2, 0) is 11.2 Å². The molecule has 1 spiro atoms. The van der Waals surface area contributed by atoms with Crippen molar-refractivity contribution in [3.05, 3.63) is 70.3 Å². The van der Waals surface area contributed by atoms with E-state index in [4.69, 9.17) is 9.47 Å². The van der Waals surface area contributed by atoms with Gasteiger partial charge in [-0.2, -0.15) is 0 Å². The Labute approximate surface area is 177 Å². The van der Waals surface area contributed by atoms with Crippen LogP contribution in [0.2, 0.25) is 0 Å². The summed E-state index contributed by atoms with van der Waals surface area (Å²) in [5, 5.41) is 3.04. The van der Waals surface area contributed by atoms with Crippen molar-refractivity contribution in [3.8, 4) is 17.6 Å². The SMILES string of the molecule is COc1ccccc1C#CC1=Cc2ccc([C@H]3CC[C@]4(COC(=O)N4)C3)cc2CC1. The summed E-state index contributed by atoms with van der Waals surface area (Å²) in [5.41, 5.74) is 5.96. The number of allylic oxidation sites excluding steroid dienone is 1. The van der Waals surface area contributed by atoms with Gasteiger partial charge in [-0.15, -0.1) is 0 Å². The summed E-state index contributed by atoms with van der Waals surface area (Å²) < 4.78 is 10.6. The number of carbonyl (C=O) groups is 1. The standard InChI is InChI=1S/C26H25NO3/c1-29-24-5-3-2-4-19(24)8-6-18-7-9-21-15-22(11-10-20(21)14-18)23-12-13-26(16-23)17-30-25(28)27-26/h2-5,10-11,14-15,23H,7,9,12-13,16-17H2,1H3,(H,27,28)/t23-,26+/m0/s1. The molecule has 0 bridgehead atoms. The van der Waals surface area contributed by atoms with Crippen LogP contribution in [0.1, 0.15) is 53.9 Å². The second-order valence-corrected chi connectivity index (χ2v) is 8.50. The quantitative estimate of drug-likeness (QED) is 0.737. The first-order valence-electron chi connectivity index (χ1n) is 10.6. The second-order valence-electron chi connectivity index (χ2n) is 8.50. The number of amides is 1. The molecule has 0 aromatic heterocycles. The topological polar surface area (TPSA) is 47.6 Å². The van der Waals surface area contributed by atoms with Gasteiger partial charge in [0, 0.05) is 5.57 Å². The Hall–Kier alpha value is -3.19. The molecule has 3 aliphatic rings. The molecule has 4 heteroatoms. The smallest absolute Gasteiger partial charge is 0.407 e. The van der Waals surface area contributed by atoms with Gasteiger partial charge in [-0.1, -0.05) is 42.2 Å². The number of hydrogen-bond donors (Lipinski definition) is 1. The van der Waals surface area contributed by atoms with E-state index in [1.54, 1.807) is 7.11 Å². The van der Waals surface area contributed by atoms with Crippen LogP contribution in [0.4, 0.5) is 4.79 Å². The first kappa shape index (κ1) is 18.8. The maximum absolute atomic E-state index is 11.5. The van der Waals surface area contributed by atoms with Crippen LogP contribution in [0.5, 0.6) is 5.75 Å². The number of hydrogen-bond acceptors (Lipinski definition) is 3. The van der Waals surface area contributed by atoms with Gasteiger partial charge in [0.25, 0.3) is 0 Å². The monoisotopic (exact) mass is 399 g/mol. The van der Waals surface area contributed by atoms with Gasteiger partial charge in [0.05, 0.1) is 18.2 Å². The molecule has 0 radical (unpaired) electrons. The van der Waals surface area contributed by atoms with Gasteiger partial charge in [-0.3, -0.25) is 0 Å². The van der Waals surface area contributed by atoms with Crippen LogP contribution in [-0.4, -0.2) is 25.3 Å². The lowest BCUT2D eigenvalue weighted by Crippen LogP contribution is -2.40. The molecule has 1 saturated carbocycles. The maximum atomic E-state index is 11.5. The van der Waals surface area contributed by atoms with E-state index in [0.717, 1.165) is 49.0 Å². The number of para-hydroxylation sites is 1. The Morgan fingerprint density at radius 2 is 2.07 bits per heavy atom. The van der Waals surface area contributed by atoms with Gasteiger partial charge in [0.1, 0.15) is 12.4 Å². The maximum Gasteiger partial charge on any atom is 0.407 e. The van der Waals surface area contributed by atoms with Crippen molar-refractivity contribution >= 4 is 12.2 Å². The number of rotatable bonds is 2. The number of nitrogens with one attached hydrogen (secondary N) is 1. The van der Waals surface area contributed by atoms with Crippen molar-refractivity contribution in [2.75, 3.05) is 13.7 Å². The Morgan fingerprint density at radius 3 is 2.90 bits per heavy atom. The van der Waals surface area contributed by atoms with Crippen LogP contribution in [0.3, 0.4) is 0 Å². The summed E-state index contributed by atoms with van der Waals surface area (Å²) in [7, 11) is 1.67. The fraction of sp³-hybridized carbons (Fsp3) is 0.346. The molecule has 5 rings (SSSR count). The highest BCUT2D eigenvalue weighted by atomic mass is 16.6. The first-order valence-corrected chi connectivity index (χ1v) is 10.6. The molecule has 2 aromatic carbocycles. The highest BCUT2D eigenvalue weighted by Crippen LogP contribution is 2.43. The van der Waals surface area contributed by atoms with E-state index in [-0.39, 0.29) is 11.6 Å². The van der Waals surface area contributed by atoms with Gasteiger partial charge in [0.15, 0.2) is 0 Å². The summed E-state index contributed by atoms with van der Waals surface area (Å²) in [6, 6.07) is 14.7. The lowest BCUT2D eigenvalue weighted by molar-refractivity contribution is 0.172. The Morgan fingerprint density at radius 1 is 1.17 bits per heavy atom. The number of aryl methyl sites for hydroxylation is 1. The summed E-state index contributed by atoms with van der Waals surface area (Å²) in [4.78, 5) is 11.5. The number of benzene rings is 2. The number of carbonyl (C=O) groups excluding carboxylic acids is 1. The van der Waals surface area contributed by atoms with Gasteiger partial charge < -0.3 is 14.8 Å². The molecule has 1 amide bonds. The molecule has 2 aliphatic carbocycles. The lowest BCUT2D eigenvalue weighted by Gasteiger charge is -2.21. The predicted molar refractivity (Wildman–Crippen MR) is 116 cm³/mol. The number of cyclic esters (lactones) is 1. The van der Waals surface area contributed by atoms with E-state index in [9.17, 15) is 4.79 Å². The number of alkyl carbamates (subject to hydrolysis) is 1. The first-order chi connectivity index (χ1) is 14.6. The van der Waals surface area contributed by atoms with Crippen molar-refractivity contribution < 1.29 is 14.3 Å². The van der Waals surface area contributed by atoms with E-state index in [0.29, 0.717) is 12.5 Å². The van der Waals surface area contributed by atoms with Crippen LogP contribution in [0.15, 0.2) is 48.0 Å². The van der Waals surface area contributed by atoms with Crippen molar-refractivity contribution in [1.29, 1.82) is 0 Å². The third-order valence-corrected chi connectivity index (χ3v) is 6.55. The van der Waals surface area contributed by atoms with Crippen LogP contribution in [0.25, 0.3) is 6.08 Å². The lowest BCUT2D eigenvalue weighted by atomic mass is 9.87. The molecule has 1 N–H and O–H groups in total. The van der Waals surface area contributed by atoms with Gasteiger partial charge in [-0.25, -0.2) is 4.79 Å². The van der Waals surface area contributed by atoms with Gasteiger partial charge in [0.2, 0.25) is 0 Å². The normalized spacial score (nSPS) is 24.4.